The topological polar surface area (TPSA) is 40.5 Å². The van der Waals surface area contributed by atoms with Crippen molar-refractivity contribution in [3.05, 3.63) is 146 Å². The van der Waals surface area contributed by atoms with E-state index < -0.39 is 0 Å². The molecule has 0 spiro atoms. The van der Waals surface area contributed by atoms with Crippen molar-refractivity contribution in [1.29, 1.82) is 0 Å². The van der Waals surface area contributed by atoms with Crippen LogP contribution in [0, 0.1) is 42.4 Å². The van der Waals surface area contributed by atoms with Crippen LogP contribution in [0.5, 0.6) is 0 Å². The first kappa shape index (κ1) is 59.5. The molecule has 6 rings (SSSR count). The van der Waals surface area contributed by atoms with Gasteiger partial charge in [0, 0.05) is 39.1 Å². The molecule has 262 valence electrons. The molecule has 0 saturated heterocycles. The van der Waals surface area contributed by atoms with Gasteiger partial charge in [-0.1, -0.05) is 46.5 Å². The van der Waals surface area contributed by atoms with Crippen molar-refractivity contribution in [1.82, 2.24) is 0 Å². The Balaban J connectivity index is -0.0000000817. The minimum Gasteiger partial charge on any atom is -1.00 e. The van der Waals surface area contributed by atoms with E-state index in [0.717, 1.165) is 57.8 Å². The number of halogens is 1. The van der Waals surface area contributed by atoms with E-state index in [1.54, 1.807) is 0 Å². The van der Waals surface area contributed by atoms with Crippen LogP contribution in [0.1, 0.15) is 99.2 Å². The maximum atomic E-state index is 8.75. The third kappa shape index (κ3) is 57.6. The van der Waals surface area contributed by atoms with Crippen molar-refractivity contribution in [3.63, 3.8) is 0 Å². The molecule has 2 nitrogen and oxygen atoms in total. The van der Waals surface area contributed by atoms with Gasteiger partial charge in [0.05, 0.1) is 0 Å². The number of hydrogen-bond acceptors (Lipinski definition) is 2. The van der Waals surface area contributed by atoms with Crippen molar-refractivity contribution in [2.75, 3.05) is 13.2 Å². The second-order valence-electron chi connectivity index (χ2n) is 9.69. The molecule has 6 aliphatic carbocycles. The summed E-state index contributed by atoms with van der Waals surface area (Å²) in [7, 11) is 0. The van der Waals surface area contributed by atoms with E-state index in [9.17, 15) is 0 Å². The van der Waals surface area contributed by atoms with Crippen molar-refractivity contribution in [2.24, 2.45) is 5.92 Å². The molecule has 2 N–H and O–H groups in total. The first-order chi connectivity index (χ1) is 21.8. The molecule has 1 unspecified atom stereocenters. The van der Waals surface area contributed by atoms with Crippen molar-refractivity contribution >= 4 is 12.4 Å². The summed E-state index contributed by atoms with van der Waals surface area (Å²) in [6.45, 7) is 7.09. The zero-order valence-electron chi connectivity index (χ0n) is 30.7. The van der Waals surface area contributed by atoms with Crippen LogP contribution in [0.2, 0.25) is 0 Å². The number of aliphatic hydroxyl groups excluding tert-OH is 2. The molecule has 0 aromatic rings. The summed E-state index contributed by atoms with van der Waals surface area (Å²) in [5.41, 5.74) is 0. The third-order valence-corrected chi connectivity index (χ3v) is 5.83. The van der Waals surface area contributed by atoms with Gasteiger partial charge in [0.1, 0.15) is 0 Å². The fourth-order valence-corrected chi connectivity index (χ4v) is 3.12. The molecule has 0 heterocycles. The van der Waals surface area contributed by atoms with E-state index in [4.69, 9.17) is 10.2 Å². The van der Waals surface area contributed by atoms with Crippen molar-refractivity contribution in [3.8, 4) is 0 Å². The summed E-state index contributed by atoms with van der Waals surface area (Å²) in [4.78, 5) is 0. The molecule has 0 radical (unpaired) electrons. The molecule has 0 fully saturated rings. The van der Waals surface area contributed by atoms with Crippen LogP contribution < -0.4 is 0 Å². The minimum atomic E-state index is 0. The van der Waals surface area contributed by atoms with E-state index in [-0.39, 0.29) is 83.1 Å². The molecule has 1 atom stereocenters. The van der Waals surface area contributed by atoms with Crippen LogP contribution in [0.25, 0.3) is 0 Å². The van der Waals surface area contributed by atoms with Gasteiger partial charge in [0.25, 0.3) is 0 Å². The Bertz CT molecular complexity index is 725. The van der Waals surface area contributed by atoms with Crippen LogP contribution in [0.4, 0.5) is 0 Å². The molecular formula is C42H60ClHfO2Ti2-3. The van der Waals surface area contributed by atoms with Crippen LogP contribution in [-0.2, 0) is 69.3 Å². The van der Waals surface area contributed by atoms with Gasteiger partial charge in [-0.2, -0.15) is 36.5 Å². The Labute approximate surface area is 353 Å². The van der Waals surface area contributed by atoms with Gasteiger partial charge < -0.3 is 11.6 Å². The number of aliphatic hydroxyl groups is 2. The second kappa shape index (κ2) is 58.6. The standard InChI is InChI=1S/C8H18O.6C5H5.C4H10O.ClH.Hf.2Ti.H/c1-3-5-6-8(4-2)7-9;6*1-2-4-5-3-1;1-2-3-4-5;;;;;/h8-9H,3-7H2,1-2H3;6*1-3H,4H2;5H,2-4H2,1H3;1H;;;;/q;6*-1;;;;2*+2;-1. The van der Waals surface area contributed by atoms with Crippen LogP contribution in [-0.4, -0.2) is 23.4 Å². The molecule has 6 aliphatic rings. The molecule has 6 heteroatoms. The Hall–Kier alpha value is -0.611. The van der Waals surface area contributed by atoms with Gasteiger partial charge in [-0.05, 0) is 18.8 Å². The normalized spacial score (nSPS) is 14.4. The van der Waals surface area contributed by atoms with Gasteiger partial charge in [0.15, 0.2) is 0 Å². The molecule has 48 heavy (non-hydrogen) atoms. The quantitative estimate of drug-likeness (QED) is 0.197. The zero-order valence-corrected chi connectivity index (χ0v) is 37.2. The maximum absolute atomic E-state index is 8.75. The van der Waals surface area contributed by atoms with Crippen molar-refractivity contribution < 1.29 is 80.9 Å². The molecule has 0 saturated carbocycles. The maximum Gasteiger partial charge on any atom is 2.00 e. The molecule has 0 aliphatic heterocycles. The first-order valence-electron chi connectivity index (χ1n) is 16.3. The third-order valence-electron chi connectivity index (χ3n) is 5.83. The Kier molecular flexibility index (Phi) is 72.7. The fraction of sp³-hybridized carbons (Fsp3) is 0.429. The average Bonchev–Trinajstić information content (AvgIpc) is 3.92. The number of unbranched alkanes of at least 4 members (excludes halogenated alkanes) is 2. The Morgan fingerprint density at radius 1 is 0.521 bits per heavy atom. The van der Waals surface area contributed by atoms with Crippen molar-refractivity contribution in [2.45, 2.75) is 97.8 Å². The number of rotatable bonds is 7. The monoisotopic (exact) mass is 907 g/mol. The Morgan fingerprint density at radius 2 is 0.792 bits per heavy atom. The summed E-state index contributed by atoms with van der Waals surface area (Å²) in [5, 5.41) is 16.8. The summed E-state index contributed by atoms with van der Waals surface area (Å²) in [5.74, 6) is 0.560. The molecule has 0 aromatic carbocycles. The number of allylic oxidation sites excluding steroid dienone is 24. The van der Waals surface area contributed by atoms with Gasteiger partial charge in [-0.25, -0.2) is 72.9 Å². The smallest absolute Gasteiger partial charge is 1.00 e. The van der Waals surface area contributed by atoms with E-state index >= 15 is 0 Å². The first-order valence-corrected chi connectivity index (χ1v) is 16.3. The van der Waals surface area contributed by atoms with Crippen LogP contribution in [0.3, 0.4) is 0 Å². The van der Waals surface area contributed by atoms with E-state index in [2.05, 4.69) is 93.7 Å². The summed E-state index contributed by atoms with van der Waals surface area (Å²) in [6.07, 6.45) is 66.9. The largest absolute Gasteiger partial charge is 2.00 e. The molecule has 0 bridgehead atoms. The predicted molar refractivity (Wildman–Crippen MR) is 200 cm³/mol. The van der Waals surface area contributed by atoms with E-state index in [1.165, 1.54) is 19.3 Å². The van der Waals surface area contributed by atoms with Gasteiger partial charge >= 0.3 is 43.4 Å². The average molecular weight is 907 g/mol. The van der Waals surface area contributed by atoms with Crippen LogP contribution in [0.15, 0.2) is 109 Å². The van der Waals surface area contributed by atoms with Gasteiger partial charge in [0.2, 0.25) is 0 Å². The second-order valence-corrected chi connectivity index (χ2v) is 9.69. The summed E-state index contributed by atoms with van der Waals surface area (Å²) >= 11 is 0. The fourth-order valence-electron chi connectivity index (χ4n) is 3.12. The zero-order chi connectivity index (χ0) is 32.4. The van der Waals surface area contributed by atoms with E-state index in [1.807, 2.05) is 72.9 Å². The SMILES string of the molecule is CCCCC(CC)CO.CCCCO.Cl.[C-]1=CC=CC1.[C-]1=CC=CC1.[C-]1=CC=CC1.[C-]1=CC=CC1.[C-]1=CC=CC1.[C-]1=CC=CC1.[H-].[Hf].[Ti+2].[Ti+2]. The minimum absolute atomic E-state index is 0. The predicted octanol–water partition coefficient (Wildman–Crippen LogP) is 11.3. The molecular weight excluding hydrogens is 846 g/mol. The Morgan fingerprint density at radius 3 is 0.875 bits per heavy atom. The van der Waals surface area contributed by atoms with Gasteiger partial charge in [-0.3, -0.25) is 36.5 Å². The summed E-state index contributed by atoms with van der Waals surface area (Å²) in [6, 6.07) is 0. The summed E-state index contributed by atoms with van der Waals surface area (Å²) < 4.78 is 0. The van der Waals surface area contributed by atoms with Crippen LogP contribution >= 0.6 is 12.4 Å². The van der Waals surface area contributed by atoms with Gasteiger partial charge in [-0.15, -0.1) is 50.9 Å². The van der Waals surface area contributed by atoms with E-state index in [0.29, 0.717) is 19.1 Å². The number of hydrogen-bond donors (Lipinski definition) is 2. The molecule has 0 aromatic heterocycles. The molecule has 0 amide bonds.